The Kier molecular flexibility index (Phi) is 4.56. The number of para-hydroxylation sites is 1. The highest BCUT2D eigenvalue weighted by Gasteiger charge is 2.28. The molecule has 2 atom stereocenters. The van der Waals surface area contributed by atoms with E-state index in [0.29, 0.717) is 23.0 Å². The fraction of sp³-hybridized carbons (Fsp3) is 0.474. The van der Waals surface area contributed by atoms with Crippen molar-refractivity contribution < 1.29 is 4.79 Å². The summed E-state index contributed by atoms with van der Waals surface area (Å²) >= 11 is 1.37. The summed E-state index contributed by atoms with van der Waals surface area (Å²) in [7, 11) is 1.98. The van der Waals surface area contributed by atoms with Gasteiger partial charge in [-0.15, -0.1) is 10.2 Å². The first-order valence-electron chi connectivity index (χ1n) is 9.08. The lowest BCUT2D eigenvalue weighted by Crippen LogP contribution is -2.48. The Labute approximate surface area is 157 Å². The molecule has 0 N–H and O–H groups in total. The van der Waals surface area contributed by atoms with Crippen molar-refractivity contribution in [2.45, 2.75) is 50.4 Å². The van der Waals surface area contributed by atoms with Crippen LogP contribution < -0.4 is 0 Å². The highest BCUT2D eigenvalue weighted by atomic mass is 32.2. The third kappa shape index (κ3) is 2.94. The number of thioether (sulfide) groups is 1. The minimum Gasteiger partial charge on any atom is -0.337 e. The van der Waals surface area contributed by atoms with Crippen molar-refractivity contribution in [3.8, 4) is 0 Å². The van der Waals surface area contributed by atoms with Gasteiger partial charge in [-0.2, -0.15) is 0 Å². The maximum Gasteiger partial charge on any atom is 0.233 e. The molecule has 0 unspecified atom stereocenters. The molecule has 2 aromatic heterocycles. The normalized spacial score (nSPS) is 20.8. The SMILES string of the molecule is C[C@H]1CCC[C@H](C)N1C(=O)CSc1nnc2c3ccccc3n(C)c2n1. The fourth-order valence-electron chi connectivity index (χ4n) is 3.97. The molecule has 3 aromatic rings. The minimum absolute atomic E-state index is 0.162. The Balaban J connectivity index is 1.55. The van der Waals surface area contributed by atoms with E-state index < -0.39 is 0 Å². The van der Waals surface area contributed by atoms with Crippen LogP contribution in [0.4, 0.5) is 0 Å². The molecule has 1 aliphatic heterocycles. The predicted molar refractivity (Wildman–Crippen MR) is 104 cm³/mol. The standard InChI is InChI=1S/C19H23N5OS/c1-12-7-6-8-13(2)24(12)16(25)11-26-19-20-18-17(21-22-19)14-9-4-5-10-15(14)23(18)3/h4-5,9-10,12-13H,6-8,11H2,1-3H3/t12-,13-/m0/s1. The molecule has 6 nitrogen and oxygen atoms in total. The molecular formula is C19H23N5OS. The van der Waals surface area contributed by atoms with Crippen LogP contribution in [0.1, 0.15) is 33.1 Å². The van der Waals surface area contributed by atoms with Crippen LogP contribution >= 0.6 is 11.8 Å². The van der Waals surface area contributed by atoms with Crippen molar-refractivity contribution in [2.24, 2.45) is 7.05 Å². The second-order valence-corrected chi connectivity index (χ2v) is 8.00. The van der Waals surface area contributed by atoms with Crippen molar-refractivity contribution in [3.05, 3.63) is 24.3 Å². The quantitative estimate of drug-likeness (QED) is 0.662. The van der Waals surface area contributed by atoms with Gasteiger partial charge in [-0.05, 0) is 39.2 Å². The number of carbonyl (C=O) groups is 1. The Morgan fingerprint density at radius 2 is 1.92 bits per heavy atom. The van der Waals surface area contributed by atoms with Crippen LogP contribution in [0.3, 0.4) is 0 Å². The van der Waals surface area contributed by atoms with E-state index in [4.69, 9.17) is 0 Å². The van der Waals surface area contributed by atoms with Crippen LogP contribution in [-0.4, -0.2) is 48.4 Å². The zero-order valence-electron chi connectivity index (χ0n) is 15.3. The maximum absolute atomic E-state index is 12.7. The van der Waals surface area contributed by atoms with E-state index in [1.54, 1.807) is 0 Å². The van der Waals surface area contributed by atoms with Gasteiger partial charge < -0.3 is 9.47 Å². The number of aryl methyl sites for hydroxylation is 1. The first-order valence-corrected chi connectivity index (χ1v) is 10.1. The predicted octanol–water partition coefficient (Wildman–Crippen LogP) is 3.40. The second-order valence-electron chi connectivity index (χ2n) is 7.06. The van der Waals surface area contributed by atoms with Gasteiger partial charge in [0.1, 0.15) is 5.52 Å². The molecular weight excluding hydrogens is 346 g/mol. The number of amides is 1. The topological polar surface area (TPSA) is 63.9 Å². The number of fused-ring (bicyclic) bond motifs is 3. The van der Waals surface area contributed by atoms with Gasteiger partial charge in [-0.1, -0.05) is 30.0 Å². The Morgan fingerprint density at radius 3 is 2.69 bits per heavy atom. The van der Waals surface area contributed by atoms with Gasteiger partial charge in [0.15, 0.2) is 5.65 Å². The van der Waals surface area contributed by atoms with Gasteiger partial charge in [-0.3, -0.25) is 4.79 Å². The van der Waals surface area contributed by atoms with E-state index >= 15 is 0 Å². The number of likely N-dealkylation sites (tertiary alicyclic amines) is 1. The van der Waals surface area contributed by atoms with Crippen LogP contribution in [0.2, 0.25) is 0 Å². The summed E-state index contributed by atoms with van der Waals surface area (Å²) in [5, 5.41) is 10.2. The van der Waals surface area contributed by atoms with Crippen molar-refractivity contribution in [1.29, 1.82) is 0 Å². The smallest absolute Gasteiger partial charge is 0.233 e. The molecule has 0 spiro atoms. The summed E-state index contributed by atoms with van der Waals surface area (Å²) in [5.41, 5.74) is 2.69. The summed E-state index contributed by atoms with van der Waals surface area (Å²) in [6.45, 7) is 4.27. The van der Waals surface area contributed by atoms with Crippen LogP contribution in [-0.2, 0) is 11.8 Å². The Morgan fingerprint density at radius 1 is 1.19 bits per heavy atom. The largest absolute Gasteiger partial charge is 0.337 e. The molecule has 4 rings (SSSR count). The summed E-state index contributed by atoms with van der Waals surface area (Å²) in [6, 6.07) is 8.70. The number of rotatable bonds is 3. The number of nitrogens with zero attached hydrogens (tertiary/aromatic N) is 5. The lowest BCUT2D eigenvalue weighted by Gasteiger charge is -2.39. The molecule has 1 aliphatic rings. The van der Waals surface area contributed by atoms with Crippen molar-refractivity contribution in [2.75, 3.05) is 5.75 Å². The van der Waals surface area contributed by atoms with Gasteiger partial charge in [0.25, 0.3) is 0 Å². The summed E-state index contributed by atoms with van der Waals surface area (Å²) < 4.78 is 2.03. The van der Waals surface area contributed by atoms with Gasteiger partial charge in [0, 0.05) is 24.5 Å². The van der Waals surface area contributed by atoms with E-state index in [1.165, 1.54) is 18.2 Å². The fourth-order valence-corrected chi connectivity index (χ4v) is 4.62. The molecule has 1 fully saturated rings. The first kappa shape index (κ1) is 17.3. The average Bonchev–Trinajstić information content (AvgIpc) is 2.92. The zero-order valence-corrected chi connectivity index (χ0v) is 16.2. The van der Waals surface area contributed by atoms with Crippen LogP contribution in [0.5, 0.6) is 0 Å². The molecule has 0 aliphatic carbocycles. The maximum atomic E-state index is 12.7. The average molecular weight is 369 g/mol. The lowest BCUT2D eigenvalue weighted by molar-refractivity contribution is -0.134. The van der Waals surface area contributed by atoms with E-state index in [9.17, 15) is 4.79 Å². The molecule has 1 amide bonds. The summed E-state index contributed by atoms with van der Waals surface area (Å²) in [4.78, 5) is 19.4. The molecule has 0 radical (unpaired) electrons. The number of piperidine rings is 1. The number of carbonyl (C=O) groups excluding carboxylic acids is 1. The zero-order chi connectivity index (χ0) is 18.3. The number of aromatic nitrogens is 4. The van der Waals surface area contributed by atoms with Gasteiger partial charge >= 0.3 is 0 Å². The van der Waals surface area contributed by atoms with Crippen molar-refractivity contribution >= 4 is 39.7 Å². The summed E-state index contributed by atoms with van der Waals surface area (Å²) in [6.07, 6.45) is 3.37. The third-order valence-electron chi connectivity index (χ3n) is 5.29. The highest BCUT2D eigenvalue weighted by Crippen LogP contribution is 2.27. The third-order valence-corrected chi connectivity index (χ3v) is 6.12. The molecule has 1 saturated heterocycles. The van der Waals surface area contributed by atoms with Gasteiger partial charge in [0.05, 0.1) is 11.3 Å². The molecule has 0 saturated carbocycles. The Hall–Kier alpha value is -2.15. The molecule has 136 valence electrons. The molecule has 7 heteroatoms. The Bertz CT molecular complexity index is 959. The monoisotopic (exact) mass is 369 g/mol. The number of hydrogen-bond acceptors (Lipinski definition) is 5. The van der Waals surface area contributed by atoms with Crippen molar-refractivity contribution in [3.63, 3.8) is 0 Å². The highest BCUT2D eigenvalue weighted by molar-refractivity contribution is 7.99. The van der Waals surface area contributed by atoms with Crippen LogP contribution in [0, 0.1) is 0 Å². The van der Waals surface area contributed by atoms with Crippen molar-refractivity contribution in [1.82, 2.24) is 24.6 Å². The van der Waals surface area contributed by atoms with E-state index in [-0.39, 0.29) is 5.91 Å². The number of hydrogen-bond donors (Lipinski definition) is 0. The minimum atomic E-state index is 0.162. The van der Waals surface area contributed by atoms with E-state index in [0.717, 1.165) is 34.9 Å². The molecule has 26 heavy (non-hydrogen) atoms. The molecule has 0 bridgehead atoms. The summed E-state index contributed by atoms with van der Waals surface area (Å²) in [5.74, 6) is 0.515. The second kappa shape index (κ2) is 6.87. The molecule has 1 aromatic carbocycles. The number of benzene rings is 1. The molecule has 3 heterocycles. The van der Waals surface area contributed by atoms with Gasteiger partial charge in [-0.25, -0.2) is 4.98 Å². The van der Waals surface area contributed by atoms with E-state index in [1.807, 2.05) is 40.8 Å². The first-order chi connectivity index (χ1) is 12.6. The lowest BCUT2D eigenvalue weighted by atomic mass is 9.98. The van der Waals surface area contributed by atoms with Gasteiger partial charge in [0.2, 0.25) is 11.1 Å². The van der Waals surface area contributed by atoms with E-state index in [2.05, 4.69) is 29.0 Å². The van der Waals surface area contributed by atoms with Crippen LogP contribution in [0.15, 0.2) is 29.4 Å². The van der Waals surface area contributed by atoms with Crippen LogP contribution in [0.25, 0.3) is 22.1 Å².